The molecule has 1 aliphatic rings. The van der Waals surface area contributed by atoms with Crippen LogP contribution in [0.4, 0.5) is 0 Å². The lowest BCUT2D eigenvalue weighted by molar-refractivity contribution is -0.171. The molecule has 19 heavy (non-hydrogen) atoms. The Morgan fingerprint density at radius 1 is 1.47 bits per heavy atom. The lowest BCUT2D eigenvalue weighted by Gasteiger charge is -2.38. The highest BCUT2D eigenvalue weighted by atomic mass is 16.6. The quantitative estimate of drug-likeness (QED) is 0.476. The molecular formula is C12H21NO6. The molecule has 7 nitrogen and oxygen atoms in total. The Bertz CT molecular complexity index is 321. The van der Waals surface area contributed by atoms with Crippen LogP contribution < -0.4 is 5.32 Å². The van der Waals surface area contributed by atoms with Crippen molar-refractivity contribution in [2.24, 2.45) is 0 Å². The highest BCUT2D eigenvalue weighted by molar-refractivity contribution is 5.67. The fraction of sp³-hybridized carbons (Fsp3) is 0.750. The minimum atomic E-state index is -1.13. The number of ether oxygens (including phenoxy) is 2. The summed E-state index contributed by atoms with van der Waals surface area (Å²) in [5.41, 5.74) is 0.750. The molecule has 0 bridgehead atoms. The number of carboxylic acid groups (broad SMARTS) is 1. The third kappa shape index (κ3) is 4.79. The number of aliphatic hydroxyl groups is 2. The van der Waals surface area contributed by atoms with E-state index in [9.17, 15) is 15.0 Å². The lowest BCUT2D eigenvalue weighted by Crippen LogP contribution is -2.58. The normalized spacial score (nSPS) is 30.9. The largest absolute Gasteiger partial charge is 0.480 e. The van der Waals surface area contributed by atoms with E-state index >= 15 is 0 Å². The number of aliphatic hydroxyl groups excluding tert-OH is 2. The Morgan fingerprint density at radius 3 is 2.74 bits per heavy atom. The van der Waals surface area contributed by atoms with Crippen molar-refractivity contribution in [3.05, 3.63) is 12.3 Å². The Balaban J connectivity index is 2.42. The van der Waals surface area contributed by atoms with Crippen LogP contribution in [-0.2, 0) is 14.3 Å². The SMILES string of the molecule is C=C(CC)NC1CO[C@H](COCC(=O)O)[C@H](O)[C@@H]1O. The van der Waals surface area contributed by atoms with Gasteiger partial charge in [-0.25, -0.2) is 4.79 Å². The van der Waals surface area contributed by atoms with Gasteiger partial charge in [0.15, 0.2) is 0 Å². The van der Waals surface area contributed by atoms with Gasteiger partial charge in [0.1, 0.15) is 24.9 Å². The molecule has 0 spiro atoms. The van der Waals surface area contributed by atoms with Gasteiger partial charge in [0, 0.05) is 5.70 Å². The highest BCUT2D eigenvalue weighted by Gasteiger charge is 2.38. The molecule has 1 rings (SSSR count). The van der Waals surface area contributed by atoms with Crippen LogP contribution in [0, 0.1) is 0 Å². The molecule has 7 heteroatoms. The van der Waals surface area contributed by atoms with Crippen LogP contribution in [0.2, 0.25) is 0 Å². The van der Waals surface area contributed by atoms with Crippen molar-refractivity contribution in [2.75, 3.05) is 19.8 Å². The van der Waals surface area contributed by atoms with E-state index in [1.165, 1.54) is 0 Å². The van der Waals surface area contributed by atoms with Crippen LogP contribution in [0.15, 0.2) is 12.3 Å². The number of allylic oxidation sites excluding steroid dienone is 1. The average molecular weight is 275 g/mol. The van der Waals surface area contributed by atoms with E-state index in [2.05, 4.69) is 11.9 Å². The first-order valence-corrected chi connectivity index (χ1v) is 6.17. The van der Waals surface area contributed by atoms with Crippen LogP contribution in [0.3, 0.4) is 0 Å². The number of hydrogen-bond acceptors (Lipinski definition) is 6. The third-order valence-corrected chi connectivity index (χ3v) is 2.96. The van der Waals surface area contributed by atoms with Gasteiger partial charge in [0.25, 0.3) is 0 Å². The summed E-state index contributed by atoms with van der Waals surface area (Å²) >= 11 is 0. The Morgan fingerprint density at radius 2 is 2.16 bits per heavy atom. The molecule has 110 valence electrons. The van der Waals surface area contributed by atoms with Crippen LogP contribution in [0.1, 0.15) is 13.3 Å². The van der Waals surface area contributed by atoms with Crippen LogP contribution in [0.25, 0.3) is 0 Å². The van der Waals surface area contributed by atoms with Crippen molar-refractivity contribution < 1.29 is 29.6 Å². The molecule has 4 N–H and O–H groups in total. The summed E-state index contributed by atoms with van der Waals surface area (Å²) in [7, 11) is 0. The maximum atomic E-state index is 10.3. The number of aliphatic carboxylic acids is 1. The minimum absolute atomic E-state index is 0.0774. The zero-order chi connectivity index (χ0) is 14.4. The molecule has 1 unspecified atom stereocenters. The minimum Gasteiger partial charge on any atom is -0.480 e. The first kappa shape index (κ1) is 15.9. The molecule has 0 radical (unpaired) electrons. The zero-order valence-electron chi connectivity index (χ0n) is 10.9. The summed E-state index contributed by atoms with van der Waals surface area (Å²) in [6.45, 7) is 5.34. The molecular weight excluding hydrogens is 254 g/mol. The lowest BCUT2D eigenvalue weighted by atomic mass is 9.98. The van der Waals surface area contributed by atoms with E-state index in [0.29, 0.717) is 6.42 Å². The van der Waals surface area contributed by atoms with Gasteiger partial charge in [0.05, 0.1) is 19.3 Å². The van der Waals surface area contributed by atoms with E-state index < -0.39 is 36.9 Å². The number of carboxylic acids is 1. The Kier molecular flexibility index (Phi) is 6.23. The molecule has 4 atom stereocenters. The number of carbonyl (C=O) groups is 1. The van der Waals surface area contributed by atoms with E-state index in [-0.39, 0.29) is 13.2 Å². The van der Waals surface area contributed by atoms with Crippen molar-refractivity contribution in [1.29, 1.82) is 0 Å². The van der Waals surface area contributed by atoms with Crippen LogP contribution >= 0.6 is 0 Å². The first-order chi connectivity index (χ1) is 8.95. The van der Waals surface area contributed by atoms with Crippen LogP contribution in [0.5, 0.6) is 0 Å². The molecule has 1 fully saturated rings. The second kappa shape index (κ2) is 7.44. The van der Waals surface area contributed by atoms with Gasteiger partial charge in [-0.2, -0.15) is 0 Å². The van der Waals surface area contributed by atoms with Gasteiger partial charge >= 0.3 is 5.97 Å². The highest BCUT2D eigenvalue weighted by Crippen LogP contribution is 2.17. The van der Waals surface area contributed by atoms with E-state index in [1.807, 2.05) is 6.92 Å². The second-order valence-electron chi connectivity index (χ2n) is 4.47. The molecule has 0 saturated carbocycles. The third-order valence-electron chi connectivity index (χ3n) is 2.96. The summed E-state index contributed by atoms with van der Waals surface area (Å²) < 4.78 is 10.2. The van der Waals surface area contributed by atoms with Gasteiger partial charge in [-0.3, -0.25) is 0 Å². The van der Waals surface area contributed by atoms with Gasteiger partial charge in [-0.05, 0) is 6.42 Å². The van der Waals surface area contributed by atoms with Gasteiger partial charge < -0.3 is 30.1 Å². The predicted octanol–water partition coefficient (Wildman–Crippen LogP) is -0.910. The van der Waals surface area contributed by atoms with E-state index in [1.54, 1.807) is 0 Å². The molecule has 0 aromatic rings. The van der Waals surface area contributed by atoms with Gasteiger partial charge in [0.2, 0.25) is 0 Å². The summed E-state index contributed by atoms with van der Waals surface area (Å²) in [5, 5.41) is 31.3. The topological polar surface area (TPSA) is 108 Å². The van der Waals surface area contributed by atoms with Crippen molar-refractivity contribution in [2.45, 2.75) is 37.7 Å². The Hall–Kier alpha value is -1.15. The standard InChI is InChI=1S/C12H21NO6/c1-3-7(2)13-8-4-19-9(12(17)11(8)16)5-18-6-10(14)15/h8-9,11-13,16-17H,2-6H2,1H3,(H,14,15)/t8?,9-,11-,12+/m1/s1. The molecule has 1 heterocycles. The van der Waals surface area contributed by atoms with E-state index in [0.717, 1.165) is 5.70 Å². The van der Waals surface area contributed by atoms with Gasteiger partial charge in [-0.15, -0.1) is 0 Å². The maximum absolute atomic E-state index is 10.3. The molecule has 0 aromatic heterocycles. The van der Waals surface area contributed by atoms with Crippen LogP contribution in [-0.4, -0.2) is 65.5 Å². The van der Waals surface area contributed by atoms with Crippen molar-refractivity contribution in [3.63, 3.8) is 0 Å². The smallest absolute Gasteiger partial charge is 0.329 e. The molecule has 0 amide bonds. The van der Waals surface area contributed by atoms with E-state index in [4.69, 9.17) is 14.6 Å². The number of rotatable bonds is 7. The molecule has 1 aliphatic heterocycles. The van der Waals surface area contributed by atoms with Gasteiger partial charge in [-0.1, -0.05) is 13.5 Å². The summed E-state index contributed by atoms with van der Waals surface area (Å²) in [5.74, 6) is -1.09. The fourth-order valence-corrected chi connectivity index (χ4v) is 1.78. The second-order valence-corrected chi connectivity index (χ2v) is 4.47. The van der Waals surface area contributed by atoms with Crippen molar-refractivity contribution in [3.8, 4) is 0 Å². The molecule has 0 aliphatic carbocycles. The molecule has 1 saturated heterocycles. The monoisotopic (exact) mass is 275 g/mol. The number of nitrogens with one attached hydrogen (secondary N) is 1. The Labute approximate surface area is 111 Å². The summed E-state index contributed by atoms with van der Waals surface area (Å²) in [4.78, 5) is 10.3. The summed E-state index contributed by atoms with van der Waals surface area (Å²) in [6, 6.07) is -0.432. The predicted molar refractivity (Wildman–Crippen MR) is 66.6 cm³/mol. The van der Waals surface area contributed by atoms with Crippen molar-refractivity contribution >= 4 is 5.97 Å². The van der Waals surface area contributed by atoms with Crippen molar-refractivity contribution in [1.82, 2.24) is 5.32 Å². The molecule has 0 aromatic carbocycles. The maximum Gasteiger partial charge on any atom is 0.329 e. The fourth-order valence-electron chi connectivity index (χ4n) is 1.78. The zero-order valence-corrected chi connectivity index (χ0v) is 10.9. The first-order valence-electron chi connectivity index (χ1n) is 6.17. The number of hydrogen-bond donors (Lipinski definition) is 4. The average Bonchev–Trinajstić information content (AvgIpc) is 2.37. The summed E-state index contributed by atoms with van der Waals surface area (Å²) in [6.07, 6.45) is -2.17.